The van der Waals surface area contributed by atoms with E-state index in [2.05, 4.69) is 0 Å². The van der Waals surface area contributed by atoms with Crippen LogP contribution in [0.15, 0.2) is 18.2 Å². The third-order valence-corrected chi connectivity index (χ3v) is 2.41. The Hall–Kier alpha value is -1.09. The van der Waals surface area contributed by atoms with Gasteiger partial charge in [0.1, 0.15) is 11.6 Å². The summed E-state index contributed by atoms with van der Waals surface area (Å²) in [7, 11) is 0. The van der Waals surface area contributed by atoms with Gasteiger partial charge >= 0.3 is 0 Å². The Morgan fingerprint density at radius 1 is 1.38 bits per heavy atom. The summed E-state index contributed by atoms with van der Waals surface area (Å²) in [5.74, 6) is 0.498. The van der Waals surface area contributed by atoms with Crippen molar-refractivity contribution >= 4 is 0 Å². The van der Waals surface area contributed by atoms with Crippen molar-refractivity contribution < 1.29 is 14.2 Å². The molecule has 1 rings (SSSR count). The summed E-state index contributed by atoms with van der Waals surface area (Å²) in [6.07, 6.45) is 2.40. The van der Waals surface area contributed by atoms with E-state index in [0.717, 1.165) is 30.6 Å². The lowest BCUT2D eigenvalue weighted by Gasteiger charge is -2.09. The van der Waals surface area contributed by atoms with Gasteiger partial charge in [-0.15, -0.1) is 0 Å². The molecule has 0 saturated carbocycles. The van der Waals surface area contributed by atoms with Gasteiger partial charge in [-0.2, -0.15) is 0 Å². The Bertz CT molecular complexity index is 324. The average Bonchev–Trinajstić information content (AvgIpc) is 2.20. The maximum atomic E-state index is 12.8. The van der Waals surface area contributed by atoms with Gasteiger partial charge in [-0.3, -0.25) is 0 Å². The summed E-state index contributed by atoms with van der Waals surface area (Å²) in [6.45, 7) is 4.22. The second-order valence-electron chi connectivity index (χ2n) is 4.10. The predicted molar refractivity (Wildman–Crippen MR) is 62.2 cm³/mol. The highest BCUT2D eigenvalue weighted by Gasteiger charge is 2.01. The fraction of sp³-hybridized carbons (Fsp3) is 0.538. The van der Waals surface area contributed by atoms with Gasteiger partial charge in [0.2, 0.25) is 0 Å². The summed E-state index contributed by atoms with van der Waals surface area (Å²) >= 11 is 0. The molecule has 2 nitrogen and oxygen atoms in total. The lowest BCUT2D eigenvalue weighted by molar-refractivity contribution is 0.177. The molecule has 16 heavy (non-hydrogen) atoms. The molecule has 1 unspecified atom stereocenters. The largest absolute Gasteiger partial charge is 0.493 e. The Morgan fingerprint density at radius 2 is 2.12 bits per heavy atom. The Labute approximate surface area is 96.1 Å². The molecule has 0 aliphatic rings. The smallest absolute Gasteiger partial charge is 0.123 e. The van der Waals surface area contributed by atoms with Crippen LogP contribution in [-0.2, 0) is 0 Å². The summed E-state index contributed by atoms with van der Waals surface area (Å²) in [6, 6.07) is 4.52. The number of aliphatic hydroxyl groups is 1. The van der Waals surface area contributed by atoms with Crippen molar-refractivity contribution in [1.29, 1.82) is 0 Å². The van der Waals surface area contributed by atoms with Crippen LogP contribution in [-0.4, -0.2) is 17.8 Å². The molecule has 0 aromatic heterocycles. The molecular formula is C13H19FO2. The Morgan fingerprint density at radius 3 is 2.75 bits per heavy atom. The zero-order valence-electron chi connectivity index (χ0n) is 9.87. The molecule has 1 aromatic carbocycles. The van der Waals surface area contributed by atoms with Gasteiger partial charge in [-0.1, -0.05) is 0 Å². The Kier molecular flexibility index (Phi) is 5.26. The molecule has 0 amide bonds. The van der Waals surface area contributed by atoms with E-state index in [9.17, 15) is 4.39 Å². The van der Waals surface area contributed by atoms with Crippen LogP contribution in [0, 0.1) is 12.7 Å². The molecule has 0 aliphatic carbocycles. The second-order valence-corrected chi connectivity index (χ2v) is 4.10. The van der Waals surface area contributed by atoms with Crippen molar-refractivity contribution in [2.45, 2.75) is 39.2 Å². The average molecular weight is 226 g/mol. The number of hydrogen-bond donors (Lipinski definition) is 1. The highest BCUT2D eigenvalue weighted by Crippen LogP contribution is 2.18. The Balaban J connectivity index is 2.27. The van der Waals surface area contributed by atoms with Crippen LogP contribution in [0.5, 0.6) is 5.75 Å². The van der Waals surface area contributed by atoms with Gasteiger partial charge in [0.25, 0.3) is 0 Å². The molecule has 0 bridgehead atoms. The SMILES string of the molecule is Cc1cc(F)ccc1OCCCCC(C)O. The van der Waals surface area contributed by atoms with Crippen molar-refractivity contribution in [2.24, 2.45) is 0 Å². The van der Waals surface area contributed by atoms with E-state index in [1.807, 2.05) is 6.92 Å². The van der Waals surface area contributed by atoms with Gasteiger partial charge in [-0.25, -0.2) is 4.39 Å². The number of halogens is 1. The van der Waals surface area contributed by atoms with Crippen LogP contribution in [0.3, 0.4) is 0 Å². The maximum absolute atomic E-state index is 12.8. The van der Waals surface area contributed by atoms with Crippen LogP contribution < -0.4 is 4.74 Å². The first-order valence-electron chi connectivity index (χ1n) is 5.66. The highest BCUT2D eigenvalue weighted by molar-refractivity contribution is 5.32. The normalized spacial score (nSPS) is 12.5. The highest BCUT2D eigenvalue weighted by atomic mass is 19.1. The fourth-order valence-corrected chi connectivity index (χ4v) is 1.50. The van der Waals surface area contributed by atoms with Crippen LogP contribution >= 0.6 is 0 Å². The van der Waals surface area contributed by atoms with Crippen molar-refractivity contribution in [1.82, 2.24) is 0 Å². The molecule has 1 atom stereocenters. The van der Waals surface area contributed by atoms with Crippen molar-refractivity contribution in [2.75, 3.05) is 6.61 Å². The molecule has 0 heterocycles. The summed E-state index contributed by atoms with van der Waals surface area (Å²) in [4.78, 5) is 0. The number of unbranched alkanes of at least 4 members (excludes halogenated alkanes) is 1. The number of aliphatic hydroxyl groups excluding tert-OH is 1. The maximum Gasteiger partial charge on any atom is 0.123 e. The van der Waals surface area contributed by atoms with E-state index < -0.39 is 0 Å². The first kappa shape index (κ1) is 13.0. The minimum Gasteiger partial charge on any atom is -0.493 e. The predicted octanol–water partition coefficient (Wildman–Crippen LogP) is 3.06. The van der Waals surface area contributed by atoms with Gasteiger partial charge < -0.3 is 9.84 Å². The molecule has 0 fully saturated rings. The van der Waals surface area contributed by atoms with Crippen molar-refractivity contribution in [3.05, 3.63) is 29.6 Å². The first-order chi connectivity index (χ1) is 7.59. The van der Waals surface area contributed by atoms with Gasteiger partial charge in [-0.05, 0) is 56.9 Å². The van der Waals surface area contributed by atoms with Crippen LogP contribution in [0.1, 0.15) is 31.7 Å². The van der Waals surface area contributed by atoms with Crippen LogP contribution in [0.4, 0.5) is 4.39 Å². The molecule has 1 N–H and O–H groups in total. The molecular weight excluding hydrogens is 207 g/mol. The fourth-order valence-electron chi connectivity index (χ4n) is 1.50. The molecule has 0 spiro atoms. The van der Waals surface area contributed by atoms with Crippen molar-refractivity contribution in [3.8, 4) is 5.75 Å². The molecule has 0 aliphatic heterocycles. The van der Waals surface area contributed by atoms with E-state index in [-0.39, 0.29) is 11.9 Å². The quantitative estimate of drug-likeness (QED) is 0.755. The van der Waals surface area contributed by atoms with E-state index in [0.29, 0.717) is 6.61 Å². The zero-order valence-corrected chi connectivity index (χ0v) is 9.87. The van der Waals surface area contributed by atoms with E-state index in [1.54, 1.807) is 13.0 Å². The van der Waals surface area contributed by atoms with E-state index in [1.165, 1.54) is 12.1 Å². The lowest BCUT2D eigenvalue weighted by atomic mass is 10.2. The monoisotopic (exact) mass is 226 g/mol. The second kappa shape index (κ2) is 6.48. The summed E-state index contributed by atoms with van der Waals surface area (Å²) < 4.78 is 18.3. The number of rotatable bonds is 6. The molecule has 0 radical (unpaired) electrons. The van der Waals surface area contributed by atoms with E-state index >= 15 is 0 Å². The summed E-state index contributed by atoms with van der Waals surface area (Å²) in [5, 5.41) is 9.06. The minimum absolute atomic E-state index is 0.237. The number of aryl methyl sites for hydroxylation is 1. The molecule has 90 valence electrons. The van der Waals surface area contributed by atoms with Gasteiger partial charge in [0.05, 0.1) is 12.7 Å². The van der Waals surface area contributed by atoms with Crippen LogP contribution in [0.2, 0.25) is 0 Å². The van der Waals surface area contributed by atoms with Gasteiger partial charge in [0.15, 0.2) is 0 Å². The lowest BCUT2D eigenvalue weighted by Crippen LogP contribution is -2.03. The molecule has 1 aromatic rings. The van der Waals surface area contributed by atoms with Gasteiger partial charge in [0, 0.05) is 0 Å². The van der Waals surface area contributed by atoms with Crippen LogP contribution in [0.25, 0.3) is 0 Å². The number of ether oxygens (including phenoxy) is 1. The number of benzene rings is 1. The minimum atomic E-state index is -0.243. The third kappa shape index (κ3) is 4.62. The first-order valence-corrected chi connectivity index (χ1v) is 5.66. The van der Waals surface area contributed by atoms with E-state index in [4.69, 9.17) is 9.84 Å². The standard InChI is InChI=1S/C13H19FO2/c1-10-9-12(14)6-7-13(10)16-8-4-3-5-11(2)15/h6-7,9,11,15H,3-5,8H2,1-2H3. The number of hydrogen-bond acceptors (Lipinski definition) is 2. The zero-order chi connectivity index (χ0) is 12.0. The summed E-state index contributed by atoms with van der Waals surface area (Å²) in [5.41, 5.74) is 0.815. The molecule has 0 saturated heterocycles. The third-order valence-electron chi connectivity index (χ3n) is 2.41. The van der Waals surface area contributed by atoms with Crippen molar-refractivity contribution in [3.63, 3.8) is 0 Å². The topological polar surface area (TPSA) is 29.5 Å². The molecule has 3 heteroatoms.